The van der Waals surface area contributed by atoms with Crippen LogP contribution in [-0.2, 0) is 6.54 Å². The van der Waals surface area contributed by atoms with Crippen molar-refractivity contribution < 1.29 is 4.79 Å². The van der Waals surface area contributed by atoms with Gasteiger partial charge in [0.1, 0.15) is 0 Å². The zero-order valence-corrected chi connectivity index (χ0v) is 12.0. The van der Waals surface area contributed by atoms with Gasteiger partial charge in [-0.05, 0) is 35.9 Å². The minimum absolute atomic E-state index is 0.328. The first-order valence-corrected chi connectivity index (χ1v) is 6.64. The van der Waals surface area contributed by atoms with Gasteiger partial charge in [0.2, 0.25) is 0 Å². The first-order valence-electron chi connectivity index (χ1n) is 5.89. The smallest absolute Gasteiger partial charge is 0.319 e. The first-order chi connectivity index (χ1) is 9.54. The number of benzene rings is 2. The summed E-state index contributed by atoms with van der Waals surface area (Å²) in [6, 6.07) is 11.9. The molecule has 20 heavy (non-hydrogen) atoms. The number of carbonyl (C=O) groups is 1. The molecule has 0 aliphatic rings. The van der Waals surface area contributed by atoms with E-state index in [2.05, 4.69) is 10.6 Å². The molecule has 2 rings (SSSR count). The van der Waals surface area contributed by atoms with Crippen LogP contribution in [0.1, 0.15) is 5.56 Å². The molecule has 2 aromatic rings. The number of rotatable bonds is 3. The minimum atomic E-state index is -0.328. The molecule has 0 radical (unpaired) electrons. The van der Waals surface area contributed by atoms with E-state index >= 15 is 0 Å². The van der Waals surface area contributed by atoms with Crippen LogP contribution in [0, 0.1) is 0 Å². The molecule has 4 nitrogen and oxygen atoms in total. The monoisotopic (exact) mass is 309 g/mol. The van der Waals surface area contributed by atoms with Crippen molar-refractivity contribution >= 4 is 40.6 Å². The molecule has 104 valence electrons. The van der Waals surface area contributed by atoms with E-state index in [1.54, 1.807) is 30.3 Å². The summed E-state index contributed by atoms with van der Waals surface area (Å²) in [4.78, 5) is 11.7. The summed E-state index contributed by atoms with van der Waals surface area (Å²) in [7, 11) is 0. The second-order valence-electron chi connectivity index (χ2n) is 4.18. The normalized spacial score (nSPS) is 10.1. The maximum Gasteiger partial charge on any atom is 0.319 e. The van der Waals surface area contributed by atoms with Gasteiger partial charge in [-0.2, -0.15) is 0 Å². The third-order valence-electron chi connectivity index (χ3n) is 2.58. The predicted octanol–water partition coefficient (Wildman–Crippen LogP) is 3.90. The van der Waals surface area contributed by atoms with Gasteiger partial charge in [-0.15, -0.1) is 0 Å². The highest BCUT2D eigenvalue weighted by atomic mass is 35.5. The van der Waals surface area contributed by atoms with Gasteiger partial charge in [0.05, 0.1) is 10.0 Å². The average molecular weight is 310 g/mol. The fraction of sp³-hybridized carbons (Fsp3) is 0.0714. The topological polar surface area (TPSA) is 67.1 Å². The van der Waals surface area contributed by atoms with Crippen LogP contribution in [0.25, 0.3) is 0 Å². The van der Waals surface area contributed by atoms with E-state index in [-0.39, 0.29) is 6.03 Å². The van der Waals surface area contributed by atoms with Crippen molar-refractivity contribution in [3.05, 3.63) is 58.1 Å². The predicted molar refractivity (Wildman–Crippen MR) is 83.2 cm³/mol. The fourth-order valence-electron chi connectivity index (χ4n) is 1.63. The number of carbonyl (C=O) groups excluding carboxylic acids is 1. The van der Waals surface area contributed by atoms with Gasteiger partial charge in [0.15, 0.2) is 0 Å². The summed E-state index contributed by atoms with van der Waals surface area (Å²) >= 11 is 11.7. The molecule has 6 heteroatoms. The van der Waals surface area contributed by atoms with Crippen LogP contribution in [0.5, 0.6) is 0 Å². The Kier molecular flexibility index (Phi) is 4.71. The number of amides is 2. The maximum atomic E-state index is 11.7. The molecule has 4 N–H and O–H groups in total. The molecule has 0 atom stereocenters. The van der Waals surface area contributed by atoms with E-state index < -0.39 is 0 Å². The van der Waals surface area contributed by atoms with Crippen LogP contribution in [-0.4, -0.2) is 6.03 Å². The largest absolute Gasteiger partial charge is 0.399 e. The van der Waals surface area contributed by atoms with E-state index in [1.807, 2.05) is 12.1 Å². The maximum absolute atomic E-state index is 11.7. The number of nitrogen functional groups attached to an aromatic ring is 1. The molecule has 0 unspecified atom stereocenters. The molecule has 0 spiro atoms. The number of anilines is 2. The highest BCUT2D eigenvalue weighted by Gasteiger charge is 2.04. The summed E-state index contributed by atoms with van der Waals surface area (Å²) in [6.45, 7) is 0.387. The van der Waals surface area contributed by atoms with E-state index in [0.29, 0.717) is 28.0 Å². The molecule has 0 saturated carbocycles. The Hall–Kier alpha value is -1.91. The summed E-state index contributed by atoms with van der Waals surface area (Å²) in [6.07, 6.45) is 0. The highest BCUT2D eigenvalue weighted by molar-refractivity contribution is 6.42. The van der Waals surface area contributed by atoms with Crippen LogP contribution in [0.4, 0.5) is 16.2 Å². The van der Waals surface area contributed by atoms with E-state index in [1.165, 1.54) is 0 Å². The molecule has 0 aliphatic heterocycles. The molecule has 0 aromatic heterocycles. The molecule has 2 amide bonds. The van der Waals surface area contributed by atoms with Crippen molar-refractivity contribution in [2.75, 3.05) is 11.1 Å². The van der Waals surface area contributed by atoms with Crippen LogP contribution < -0.4 is 16.4 Å². The Morgan fingerprint density at radius 3 is 2.60 bits per heavy atom. The van der Waals surface area contributed by atoms with E-state index in [9.17, 15) is 4.79 Å². The lowest BCUT2D eigenvalue weighted by atomic mass is 10.2. The number of urea groups is 1. The molecule has 0 aliphatic carbocycles. The zero-order chi connectivity index (χ0) is 14.5. The first kappa shape index (κ1) is 14.5. The standard InChI is InChI=1S/C14H13Cl2N3O/c15-12-5-4-11(7-13(12)16)19-14(20)18-8-9-2-1-3-10(17)6-9/h1-7H,8,17H2,(H2,18,19,20). The van der Waals surface area contributed by atoms with E-state index in [0.717, 1.165) is 5.56 Å². The van der Waals surface area contributed by atoms with Gasteiger partial charge in [0, 0.05) is 17.9 Å². The Balaban J connectivity index is 1.91. The summed E-state index contributed by atoms with van der Waals surface area (Å²) in [5.41, 5.74) is 7.82. The lowest BCUT2D eigenvalue weighted by molar-refractivity contribution is 0.251. The van der Waals surface area contributed by atoms with Gasteiger partial charge in [-0.1, -0.05) is 35.3 Å². The van der Waals surface area contributed by atoms with Crippen LogP contribution in [0.15, 0.2) is 42.5 Å². The van der Waals surface area contributed by atoms with Crippen molar-refractivity contribution in [2.45, 2.75) is 6.54 Å². The van der Waals surface area contributed by atoms with Gasteiger partial charge in [-0.25, -0.2) is 4.79 Å². The number of hydrogen-bond acceptors (Lipinski definition) is 2. The third-order valence-corrected chi connectivity index (χ3v) is 3.32. The lowest BCUT2D eigenvalue weighted by Gasteiger charge is -2.08. The minimum Gasteiger partial charge on any atom is -0.399 e. The van der Waals surface area contributed by atoms with Crippen molar-refractivity contribution in [3.8, 4) is 0 Å². The van der Waals surface area contributed by atoms with Crippen molar-refractivity contribution in [1.29, 1.82) is 0 Å². The fourth-order valence-corrected chi connectivity index (χ4v) is 1.93. The molecule has 0 saturated heterocycles. The van der Waals surface area contributed by atoms with Gasteiger partial charge >= 0.3 is 6.03 Å². The molecular formula is C14H13Cl2N3O. The Morgan fingerprint density at radius 1 is 1.10 bits per heavy atom. The molecule has 0 fully saturated rings. The second-order valence-corrected chi connectivity index (χ2v) is 5.00. The van der Waals surface area contributed by atoms with Crippen molar-refractivity contribution in [1.82, 2.24) is 5.32 Å². The second kappa shape index (κ2) is 6.50. The summed E-state index contributed by atoms with van der Waals surface area (Å²) in [5.74, 6) is 0. The quantitative estimate of drug-likeness (QED) is 0.753. The molecule has 2 aromatic carbocycles. The van der Waals surface area contributed by atoms with Gasteiger partial charge < -0.3 is 16.4 Å². The van der Waals surface area contributed by atoms with Crippen LogP contribution in [0.2, 0.25) is 10.0 Å². The highest BCUT2D eigenvalue weighted by Crippen LogP contribution is 2.24. The van der Waals surface area contributed by atoms with Crippen molar-refractivity contribution in [2.24, 2.45) is 0 Å². The number of nitrogens with one attached hydrogen (secondary N) is 2. The number of nitrogens with two attached hydrogens (primary N) is 1. The van der Waals surface area contributed by atoms with Gasteiger partial charge in [-0.3, -0.25) is 0 Å². The van der Waals surface area contributed by atoms with E-state index in [4.69, 9.17) is 28.9 Å². The summed E-state index contributed by atoms with van der Waals surface area (Å²) < 4.78 is 0. The number of halogens is 2. The third kappa shape index (κ3) is 4.05. The number of hydrogen-bond donors (Lipinski definition) is 3. The van der Waals surface area contributed by atoms with Gasteiger partial charge in [0.25, 0.3) is 0 Å². The summed E-state index contributed by atoms with van der Waals surface area (Å²) in [5, 5.41) is 6.23. The molecule has 0 heterocycles. The average Bonchev–Trinajstić information content (AvgIpc) is 2.41. The molecular weight excluding hydrogens is 297 g/mol. The zero-order valence-electron chi connectivity index (χ0n) is 10.5. The Morgan fingerprint density at radius 2 is 1.90 bits per heavy atom. The Labute approximate surface area is 126 Å². The van der Waals surface area contributed by atoms with Crippen molar-refractivity contribution in [3.63, 3.8) is 0 Å². The molecule has 0 bridgehead atoms. The van der Waals surface area contributed by atoms with Crippen LogP contribution in [0.3, 0.4) is 0 Å². The van der Waals surface area contributed by atoms with Crippen LogP contribution >= 0.6 is 23.2 Å². The lowest BCUT2D eigenvalue weighted by Crippen LogP contribution is -2.28. The Bertz CT molecular complexity index is 632. The SMILES string of the molecule is Nc1cccc(CNC(=O)Nc2ccc(Cl)c(Cl)c2)c1.